The van der Waals surface area contributed by atoms with Gasteiger partial charge >= 0.3 is 12.1 Å². The van der Waals surface area contributed by atoms with Crippen molar-refractivity contribution in [3.8, 4) is 5.75 Å². The van der Waals surface area contributed by atoms with Gasteiger partial charge in [0, 0.05) is 28.7 Å². The SMILES string of the molecule is [2H]Oc1c([2H])cc2c(c1[2H])C[C@@H](CCCCCCCCCS(=O)CCCC(F)(F)C(F)(F)F)C1C2CC[C@]2(C)[C@@H](O[2H])CC[C@@H]12. The number of phenolic OH excluding ortho intramolecular Hbond substituents is 1. The maximum Gasteiger partial charge on any atom is 0.453 e. The Kier molecular flexibility index (Phi) is 9.07. The number of rotatable bonds is 16. The van der Waals surface area contributed by atoms with Crippen LogP contribution >= 0.6 is 0 Å². The van der Waals surface area contributed by atoms with E-state index in [1.54, 1.807) is 0 Å². The van der Waals surface area contributed by atoms with Gasteiger partial charge in [-0.05, 0) is 104 Å². The maximum atomic E-state index is 13.0. The molecule has 0 amide bonds. The molecule has 0 aliphatic heterocycles. The summed E-state index contributed by atoms with van der Waals surface area (Å²) < 4.78 is 107. The normalized spacial score (nSPS) is 31.7. The smallest absolute Gasteiger partial charge is 0.453 e. The first-order chi connectivity index (χ1) is 21.2. The van der Waals surface area contributed by atoms with Crippen molar-refractivity contribution < 1.29 is 39.1 Å². The van der Waals surface area contributed by atoms with Crippen molar-refractivity contribution >= 4 is 10.8 Å². The Balaban J connectivity index is 1.24. The Morgan fingerprint density at radius 3 is 2.44 bits per heavy atom. The number of aliphatic hydroxyl groups is 1. The molecular weight excluding hydrogens is 559 g/mol. The zero-order valence-electron chi connectivity index (χ0n) is 28.0. The number of phenols is 1. The number of aromatic hydroxyl groups is 1. The lowest BCUT2D eigenvalue weighted by atomic mass is 9.52. The van der Waals surface area contributed by atoms with Gasteiger partial charge in [0.05, 0.1) is 8.85 Å². The second kappa shape index (κ2) is 13.6. The summed E-state index contributed by atoms with van der Waals surface area (Å²) in [6.07, 6.45) is 4.79. The molecule has 7 atom stereocenters. The minimum absolute atomic E-state index is 0.0157. The van der Waals surface area contributed by atoms with Crippen molar-refractivity contribution in [2.24, 2.45) is 23.2 Å². The molecule has 0 aromatic heterocycles. The Labute approximate surface area is 249 Å². The number of aliphatic hydroxyl groups excluding tert-OH is 1. The number of benzene rings is 1. The van der Waals surface area contributed by atoms with Crippen molar-refractivity contribution in [3.05, 3.63) is 29.3 Å². The monoisotopic (exact) mass is 610 g/mol. The number of hydrogen-bond acceptors (Lipinski definition) is 3. The van der Waals surface area contributed by atoms with E-state index in [1.807, 2.05) is 6.07 Å². The first-order valence-corrected chi connectivity index (χ1v) is 16.9. The summed E-state index contributed by atoms with van der Waals surface area (Å²) in [5, 5.41) is 9.90. The molecular formula is C32H47F5O3S. The average molecular weight is 611 g/mol. The predicted molar refractivity (Wildman–Crippen MR) is 153 cm³/mol. The molecule has 3 nitrogen and oxygen atoms in total. The third-order valence-corrected chi connectivity index (χ3v) is 11.8. The molecule has 0 spiro atoms. The van der Waals surface area contributed by atoms with Crippen LogP contribution in [0.1, 0.15) is 117 Å². The fourth-order valence-electron chi connectivity index (χ4n) is 8.09. The second-order valence-electron chi connectivity index (χ2n) is 13.0. The maximum absolute atomic E-state index is 13.0. The van der Waals surface area contributed by atoms with E-state index in [4.69, 9.17) is 15.8 Å². The number of fused-ring (bicyclic) bond motifs is 5. The Morgan fingerprint density at radius 1 is 1.02 bits per heavy atom. The van der Waals surface area contributed by atoms with Crippen molar-refractivity contribution in [1.82, 2.24) is 0 Å². The number of hydrogen-bond donors (Lipinski definition) is 2. The third kappa shape index (κ3) is 7.66. The van der Waals surface area contributed by atoms with Crippen LogP contribution in [0.15, 0.2) is 18.2 Å². The minimum atomic E-state index is -5.56. The highest BCUT2D eigenvalue weighted by Crippen LogP contribution is 2.62. The second-order valence-corrected chi connectivity index (χ2v) is 14.7. The molecule has 234 valence electrons. The Morgan fingerprint density at radius 2 is 1.73 bits per heavy atom. The molecule has 9 heteroatoms. The van der Waals surface area contributed by atoms with Crippen LogP contribution in [0, 0.1) is 23.2 Å². The van der Waals surface area contributed by atoms with Crippen molar-refractivity contribution in [2.45, 2.75) is 127 Å². The molecule has 2 saturated carbocycles. The van der Waals surface area contributed by atoms with Crippen LogP contribution in [0.25, 0.3) is 0 Å². The Hall–Kier alpha value is -1.22. The molecule has 4 rings (SSSR count). The van der Waals surface area contributed by atoms with Crippen LogP contribution < -0.4 is 0 Å². The molecule has 0 radical (unpaired) electrons. The average Bonchev–Trinajstić information content (AvgIpc) is 3.32. The first kappa shape index (κ1) is 27.3. The lowest BCUT2D eigenvalue weighted by molar-refractivity contribution is -0.284. The summed E-state index contributed by atoms with van der Waals surface area (Å²) in [7, 11) is -1.39. The van der Waals surface area contributed by atoms with Gasteiger partial charge in [0.1, 0.15) is 5.75 Å². The zero-order valence-corrected chi connectivity index (χ0v) is 24.8. The molecule has 0 bridgehead atoms. The van der Waals surface area contributed by atoms with E-state index in [9.17, 15) is 26.2 Å². The van der Waals surface area contributed by atoms with Gasteiger partial charge in [-0.2, -0.15) is 22.0 Å². The summed E-state index contributed by atoms with van der Waals surface area (Å²) in [6, 6.07) is 2.08. The van der Waals surface area contributed by atoms with Gasteiger partial charge in [0.25, 0.3) is 1.43 Å². The summed E-state index contributed by atoms with van der Waals surface area (Å²) in [5.74, 6) is -3.09. The molecule has 1 aromatic carbocycles. The summed E-state index contributed by atoms with van der Waals surface area (Å²) in [5.41, 5.74) is 1.94. The molecule has 0 saturated heterocycles. The Bertz CT molecular complexity index is 1170. The van der Waals surface area contributed by atoms with Crippen LogP contribution in [0.4, 0.5) is 22.0 Å². The highest BCUT2D eigenvalue weighted by molar-refractivity contribution is 7.84. The molecule has 1 aromatic rings. The quantitative estimate of drug-likeness (QED) is 0.145. The van der Waals surface area contributed by atoms with E-state index in [0.717, 1.165) is 88.2 Å². The van der Waals surface area contributed by atoms with Gasteiger partial charge in [0.15, 0.2) is 0 Å². The molecule has 2 N–H and O–H groups in total. The standard InChI is InChI=1S/C32H47F5O3S/c1-30-17-15-26-25-12-11-24(38)21-23(25)20-22(29(26)27(30)13-14-28(30)39)10-7-5-3-2-4-6-8-18-41(40)19-9-16-31(33,34)32(35,36)37/h11-12,21-22,26-29,38-39H,2-10,13-20H2,1H3/t22-,26?,27+,28+,29?,30+,41?/m1/s1/i11D,21D,39D/hD. The number of unbranched alkanes of at least 4 members (excludes halogenated alkanes) is 6. The summed E-state index contributed by atoms with van der Waals surface area (Å²) in [6.45, 7) is 2.28. The lowest BCUT2D eigenvalue weighted by Gasteiger charge is -2.53. The highest BCUT2D eigenvalue weighted by Gasteiger charge is 2.57. The van der Waals surface area contributed by atoms with Crippen LogP contribution in [0.3, 0.4) is 0 Å². The van der Waals surface area contributed by atoms with E-state index in [-0.39, 0.29) is 41.0 Å². The van der Waals surface area contributed by atoms with E-state index in [1.165, 1.54) is 0 Å². The minimum Gasteiger partial charge on any atom is -0.508 e. The van der Waals surface area contributed by atoms with E-state index >= 15 is 0 Å². The van der Waals surface area contributed by atoms with Gasteiger partial charge in [-0.1, -0.05) is 51.5 Å². The lowest BCUT2D eigenvalue weighted by Crippen LogP contribution is -2.47. The van der Waals surface area contributed by atoms with E-state index in [2.05, 4.69) is 6.92 Å². The molecule has 3 unspecified atom stereocenters. The van der Waals surface area contributed by atoms with Crippen molar-refractivity contribution in [3.63, 3.8) is 0 Å². The van der Waals surface area contributed by atoms with Crippen LogP contribution in [0.2, 0.25) is 0 Å². The van der Waals surface area contributed by atoms with Gasteiger partial charge in [-0.25, -0.2) is 0 Å². The van der Waals surface area contributed by atoms with Gasteiger partial charge < -0.3 is 10.2 Å². The van der Waals surface area contributed by atoms with E-state index in [0.29, 0.717) is 29.9 Å². The highest BCUT2D eigenvalue weighted by atomic mass is 32.2. The van der Waals surface area contributed by atoms with Crippen LogP contribution in [-0.2, 0) is 17.2 Å². The molecule has 2 fully saturated rings. The van der Waals surface area contributed by atoms with Crippen LogP contribution in [-0.4, -0.2) is 47.0 Å². The predicted octanol–water partition coefficient (Wildman–Crippen LogP) is 8.68. The first-order valence-electron chi connectivity index (χ1n) is 17.2. The van der Waals surface area contributed by atoms with Gasteiger partial charge in [-0.15, -0.1) is 0 Å². The number of alkyl halides is 5. The fourth-order valence-corrected chi connectivity index (χ4v) is 9.28. The zero-order chi connectivity index (χ0) is 33.0. The van der Waals surface area contributed by atoms with Gasteiger partial charge in [-0.3, -0.25) is 4.21 Å². The van der Waals surface area contributed by atoms with Gasteiger partial charge in [0.2, 0.25) is 1.43 Å². The largest absolute Gasteiger partial charge is 0.508 e. The van der Waals surface area contributed by atoms with Crippen LogP contribution in [0.5, 0.6) is 5.75 Å². The fraction of sp³-hybridized carbons (Fsp3) is 0.812. The summed E-state index contributed by atoms with van der Waals surface area (Å²) >= 11 is 0. The van der Waals surface area contributed by atoms with E-state index < -0.39 is 35.7 Å². The number of halogens is 5. The topological polar surface area (TPSA) is 57.5 Å². The third-order valence-electron chi connectivity index (χ3n) is 10.4. The molecule has 3 aliphatic carbocycles. The van der Waals surface area contributed by atoms with Crippen molar-refractivity contribution in [2.75, 3.05) is 11.5 Å². The summed E-state index contributed by atoms with van der Waals surface area (Å²) in [4.78, 5) is 0. The molecule has 41 heavy (non-hydrogen) atoms. The molecule has 3 aliphatic rings. The van der Waals surface area contributed by atoms with Crippen molar-refractivity contribution in [1.29, 1.82) is 2.86 Å². The molecule has 0 heterocycles.